The number of halogens is 2. The molecule has 84 valence electrons. The van der Waals surface area contributed by atoms with E-state index < -0.39 is 11.9 Å². The van der Waals surface area contributed by atoms with Gasteiger partial charge < -0.3 is 5.11 Å². The molecule has 15 heavy (non-hydrogen) atoms. The highest BCUT2D eigenvalue weighted by Gasteiger charge is 2.61. The van der Waals surface area contributed by atoms with E-state index in [4.69, 9.17) is 5.11 Å². The molecule has 2 aliphatic carbocycles. The molecular weight excluding hydrogens is 202 g/mol. The van der Waals surface area contributed by atoms with Gasteiger partial charge in [0.1, 0.15) is 0 Å². The van der Waals surface area contributed by atoms with Gasteiger partial charge in [0, 0.05) is 12.0 Å². The van der Waals surface area contributed by atoms with Gasteiger partial charge in [-0.05, 0) is 17.8 Å². The highest BCUT2D eigenvalue weighted by molar-refractivity contribution is 5.75. The number of allylic oxidation sites excluding steroid dienone is 2. The van der Waals surface area contributed by atoms with Crippen LogP contribution in [0.1, 0.15) is 26.7 Å². The lowest BCUT2D eigenvalue weighted by Crippen LogP contribution is -2.03. The van der Waals surface area contributed by atoms with Crippen molar-refractivity contribution in [3.8, 4) is 0 Å². The first kappa shape index (κ1) is 10.6. The molecule has 2 unspecified atom stereocenters. The fourth-order valence-electron chi connectivity index (χ4n) is 2.36. The van der Waals surface area contributed by atoms with Gasteiger partial charge in [-0.25, -0.2) is 8.78 Å². The maximum Gasteiger partial charge on any atom is 0.307 e. The highest BCUT2D eigenvalue weighted by atomic mass is 19.3. The predicted molar refractivity (Wildman–Crippen MR) is 50.7 cm³/mol. The Morgan fingerprint density at radius 3 is 2.47 bits per heavy atom. The van der Waals surface area contributed by atoms with Crippen LogP contribution in [0.3, 0.4) is 0 Å². The van der Waals surface area contributed by atoms with E-state index in [9.17, 15) is 13.6 Å². The summed E-state index contributed by atoms with van der Waals surface area (Å²) in [6.07, 6.45) is 1.85. The second-order valence-electron chi connectivity index (χ2n) is 5.09. The molecule has 0 aromatic heterocycles. The standard InChI is InChI=1S/C11H14F2O2/c1-10(2)7(8(10)9(14)15)4-3-6-5-11(6,12)13/h3,7-8H,4-5H2,1-2H3,(H,14,15). The van der Waals surface area contributed by atoms with Gasteiger partial charge in [-0.3, -0.25) is 4.79 Å². The Morgan fingerprint density at radius 2 is 2.13 bits per heavy atom. The largest absolute Gasteiger partial charge is 0.481 e. The van der Waals surface area contributed by atoms with Crippen LogP contribution >= 0.6 is 0 Å². The average Bonchev–Trinajstić information content (AvgIpc) is 2.82. The molecular formula is C11H14F2O2. The summed E-state index contributed by atoms with van der Waals surface area (Å²) in [6.45, 7) is 3.75. The molecule has 1 N–H and O–H groups in total. The number of aliphatic carboxylic acids is 1. The molecule has 0 heterocycles. The lowest BCUT2D eigenvalue weighted by atomic mass is 10.1. The predicted octanol–water partition coefficient (Wildman–Crippen LogP) is 2.70. The lowest BCUT2D eigenvalue weighted by molar-refractivity contribution is -0.139. The fraction of sp³-hybridized carbons (Fsp3) is 0.727. The Hall–Kier alpha value is -0.930. The van der Waals surface area contributed by atoms with Crippen molar-refractivity contribution in [1.29, 1.82) is 0 Å². The van der Waals surface area contributed by atoms with Crippen molar-refractivity contribution in [2.75, 3.05) is 0 Å². The third kappa shape index (κ3) is 1.66. The monoisotopic (exact) mass is 216 g/mol. The zero-order chi connectivity index (χ0) is 11.4. The van der Waals surface area contributed by atoms with Crippen molar-refractivity contribution in [1.82, 2.24) is 0 Å². The topological polar surface area (TPSA) is 37.3 Å². The average molecular weight is 216 g/mol. The van der Waals surface area contributed by atoms with Crippen LogP contribution in [0, 0.1) is 17.3 Å². The van der Waals surface area contributed by atoms with E-state index in [0.717, 1.165) is 0 Å². The zero-order valence-corrected chi connectivity index (χ0v) is 8.76. The van der Waals surface area contributed by atoms with Gasteiger partial charge in [-0.2, -0.15) is 0 Å². The van der Waals surface area contributed by atoms with Crippen molar-refractivity contribution < 1.29 is 18.7 Å². The maximum absolute atomic E-state index is 12.5. The van der Waals surface area contributed by atoms with E-state index in [1.54, 1.807) is 0 Å². The zero-order valence-electron chi connectivity index (χ0n) is 8.76. The number of carbonyl (C=O) groups is 1. The minimum Gasteiger partial charge on any atom is -0.481 e. The molecule has 2 aliphatic rings. The maximum atomic E-state index is 12.5. The third-order valence-electron chi connectivity index (χ3n) is 3.69. The molecule has 2 nitrogen and oxygen atoms in total. The summed E-state index contributed by atoms with van der Waals surface area (Å²) in [4.78, 5) is 10.8. The summed E-state index contributed by atoms with van der Waals surface area (Å²) in [5.74, 6) is -3.77. The van der Waals surface area contributed by atoms with E-state index >= 15 is 0 Å². The molecule has 2 saturated carbocycles. The van der Waals surface area contributed by atoms with Gasteiger partial charge in [0.25, 0.3) is 5.92 Å². The van der Waals surface area contributed by atoms with E-state index in [1.165, 1.54) is 6.08 Å². The second-order valence-corrected chi connectivity index (χ2v) is 5.09. The van der Waals surface area contributed by atoms with Crippen molar-refractivity contribution in [2.24, 2.45) is 17.3 Å². The minimum absolute atomic E-state index is 0.0129. The van der Waals surface area contributed by atoms with Gasteiger partial charge in [-0.1, -0.05) is 19.9 Å². The van der Waals surface area contributed by atoms with Crippen LogP contribution in [-0.2, 0) is 4.79 Å². The van der Waals surface area contributed by atoms with E-state index in [-0.39, 0.29) is 29.2 Å². The number of hydrogen-bond acceptors (Lipinski definition) is 1. The summed E-state index contributed by atoms with van der Waals surface area (Å²) < 4.78 is 25.1. The normalized spacial score (nSPS) is 37.7. The molecule has 2 fully saturated rings. The smallest absolute Gasteiger partial charge is 0.307 e. The number of rotatable bonds is 3. The summed E-state index contributed by atoms with van der Waals surface area (Å²) in [7, 11) is 0. The van der Waals surface area contributed by atoms with Crippen molar-refractivity contribution in [3.63, 3.8) is 0 Å². The molecule has 0 radical (unpaired) electrons. The number of hydrogen-bond donors (Lipinski definition) is 1. The molecule has 2 atom stereocenters. The van der Waals surface area contributed by atoms with Gasteiger partial charge in [0.15, 0.2) is 0 Å². The van der Waals surface area contributed by atoms with Crippen LogP contribution < -0.4 is 0 Å². The third-order valence-corrected chi connectivity index (χ3v) is 3.69. The number of carboxylic acids is 1. The number of alkyl halides is 2. The van der Waals surface area contributed by atoms with Crippen LogP contribution in [0.2, 0.25) is 0 Å². The van der Waals surface area contributed by atoms with Crippen LogP contribution in [0.15, 0.2) is 11.6 Å². The molecule has 0 saturated heterocycles. The molecule has 0 bridgehead atoms. The van der Waals surface area contributed by atoms with Crippen LogP contribution in [-0.4, -0.2) is 17.0 Å². The Labute approximate surface area is 87.0 Å². The Kier molecular flexibility index (Phi) is 1.98. The quantitative estimate of drug-likeness (QED) is 0.736. The van der Waals surface area contributed by atoms with E-state index in [2.05, 4.69) is 0 Å². The molecule has 0 aliphatic heterocycles. The Bertz CT molecular complexity index is 344. The fourth-order valence-corrected chi connectivity index (χ4v) is 2.36. The number of carboxylic acid groups (broad SMARTS) is 1. The Morgan fingerprint density at radius 1 is 1.60 bits per heavy atom. The van der Waals surface area contributed by atoms with E-state index in [1.807, 2.05) is 13.8 Å². The summed E-state index contributed by atoms with van der Waals surface area (Å²) >= 11 is 0. The molecule has 0 aromatic rings. The van der Waals surface area contributed by atoms with Crippen LogP contribution in [0.5, 0.6) is 0 Å². The van der Waals surface area contributed by atoms with E-state index in [0.29, 0.717) is 6.42 Å². The van der Waals surface area contributed by atoms with Crippen molar-refractivity contribution in [2.45, 2.75) is 32.6 Å². The molecule has 2 rings (SSSR count). The molecule has 0 spiro atoms. The SMILES string of the molecule is CC1(C)C(CC=C2CC2(F)F)C1C(=O)O. The Balaban J connectivity index is 1.94. The van der Waals surface area contributed by atoms with Gasteiger partial charge in [0.2, 0.25) is 0 Å². The molecule has 4 heteroatoms. The van der Waals surface area contributed by atoms with Crippen LogP contribution in [0.25, 0.3) is 0 Å². The first-order valence-electron chi connectivity index (χ1n) is 5.07. The van der Waals surface area contributed by atoms with Gasteiger partial charge in [-0.15, -0.1) is 0 Å². The first-order chi connectivity index (χ1) is 6.77. The highest BCUT2D eigenvalue weighted by Crippen LogP contribution is 2.61. The summed E-state index contributed by atoms with van der Waals surface area (Å²) in [5.41, 5.74) is -0.0677. The molecule has 0 aromatic carbocycles. The lowest BCUT2D eigenvalue weighted by Gasteiger charge is -1.97. The summed E-state index contributed by atoms with van der Waals surface area (Å²) in [5, 5.41) is 8.87. The van der Waals surface area contributed by atoms with Gasteiger partial charge in [0.05, 0.1) is 5.92 Å². The minimum atomic E-state index is -2.60. The van der Waals surface area contributed by atoms with Crippen LogP contribution in [0.4, 0.5) is 8.78 Å². The summed E-state index contributed by atoms with van der Waals surface area (Å²) in [6, 6.07) is 0. The molecule has 0 amide bonds. The van der Waals surface area contributed by atoms with Crippen molar-refractivity contribution in [3.05, 3.63) is 11.6 Å². The first-order valence-corrected chi connectivity index (χ1v) is 5.07. The second kappa shape index (κ2) is 2.80. The van der Waals surface area contributed by atoms with Gasteiger partial charge >= 0.3 is 5.97 Å². The van der Waals surface area contributed by atoms with Crippen molar-refractivity contribution >= 4 is 5.97 Å².